The molecule has 0 spiro atoms. The van der Waals surface area contributed by atoms with Gasteiger partial charge in [0.25, 0.3) is 5.91 Å². The molecule has 2 rings (SSSR count). The van der Waals surface area contributed by atoms with Crippen molar-refractivity contribution in [3.63, 3.8) is 0 Å². The third-order valence-electron chi connectivity index (χ3n) is 7.22. The molecule has 4 unspecified atom stereocenters. The Labute approximate surface area is 301 Å². The summed E-state index contributed by atoms with van der Waals surface area (Å²) in [6.45, 7) is 4.59. The number of methoxy groups -OCH3 is 1. The van der Waals surface area contributed by atoms with E-state index in [1.54, 1.807) is 20.8 Å². The molecule has 14 nitrogen and oxygen atoms in total. The highest BCUT2D eigenvalue weighted by Gasteiger charge is 2.52. The average molecular weight is 763 g/mol. The van der Waals surface area contributed by atoms with Gasteiger partial charge in [0.05, 0.1) is 13.2 Å². The Morgan fingerprint density at radius 3 is 1.87 bits per heavy atom. The molecule has 19 heteroatoms. The van der Waals surface area contributed by atoms with Gasteiger partial charge < -0.3 is 45.7 Å². The van der Waals surface area contributed by atoms with Gasteiger partial charge in [-0.25, -0.2) is 9.59 Å². The number of ether oxygens (including phenoxy) is 3. The summed E-state index contributed by atoms with van der Waals surface area (Å²) < 4.78 is 83.2. The van der Waals surface area contributed by atoms with Crippen LogP contribution in [0.2, 0.25) is 0 Å². The van der Waals surface area contributed by atoms with Crippen LogP contribution in [-0.2, 0) is 30.3 Å². The van der Waals surface area contributed by atoms with Gasteiger partial charge in [-0.15, -0.1) is 0 Å². The molecule has 4 amide bonds. The summed E-state index contributed by atoms with van der Waals surface area (Å²) in [5.41, 5.74) is -0.486. The minimum absolute atomic E-state index is 0.0688. The number of aliphatic hydroxyl groups excluding tert-OH is 1. The summed E-state index contributed by atoms with van der Waals surface area (Å²) in [6.07, 6.45) is -9.27. The lowest BCUT2D eigenvalue weighted by molar-refractivity contribution is -0.175. The van der Waals surface area contributed by atoms with E-state index in [0.29, 0.717) is 11.3 Å². The number of alkyl halides is 5. The molecule has 2 aromatic carbocycles. The fourth-order valence-electron chi connectivity index (χ4n) is 4.62. The Balaban J connectivity index is 2.47. The van der Waals surface area contributed by atoms with Crippen LogP contribution in [-0.4, -0.2) is 96.1 Å². The molecule has 294 valence electrons. The van der Waals surface area contributed by atoms with Crippen molar-refractivity contribution in [2.75, 3.05) is 20.3 Å². The molecule has 0 aromatic heterocycles. The topological polar surface area (TPSA) is 202 Å². The van der Waals surface area contributed by atoms with E-state index >= 15 is 0 Å². The number of aliphatic hydroxyl groups is 1. The van der Waals surface area contributed by atoms with E-state index in [9.17, 15) is 51.0 Å². The van der Waals surface area contributed by atoms with Crippen LogP contribution in [0, 0.1) is 5.92 Å². The second kappa shape index (κ2) is 18.5. The minimum atomic E-state index is -5.03. The molecular weight excluding hydrogens is 719 g/mol. The van der Waals surface area contributed by atoms with Crippen molar-refractivity contribution in [2.45, 2.75) is 83.0 Å². The number of rotatable bonds is 17. The van der Waals surface area contributed by atoms with Crippen LogP contribution in [0.5, 0.6) is 11.5 Å². The maximum Gasteiger partial charge on any atom is 0.408 e. The number of alkyl carbamates (subject to hydrolysis) is 1. The van der Waals surface area contributed by atoms with Crippen molar-refractivity contribution in [1.82, 2.24) is 21.3 Å². The lowest BCUT2D eigenvalue weighted by atomic mass is 9.92. The zero-order chi connectivity index (χ0) is 40.3. The van der Waals surface area contributed by atoms with Crippen LogP contribution < -0.4 is 30.7 Å². The number of benzene rings is 2. The molecule has 0 aliphatic carbocycles. The van der Waals surface area contributed by atoms with E-state index in [0.717, 1.165) is 5.32 Å². The molecule has 0 heterocycles. The standard InChI is InChI=1S/C34H43F5N4O10/c1-18(2)25(27(46)34(38,39)30(49)40-17-33(35,36)37)42-29(48)26(20-9-13-21(51-6)14-10-20)43-28(47)23(41-31(50)53-32(3,4)5)15-19-7-11-22(12-8-19)52-16-24(44)45/h7-14,18,23,25-27,46H,15-17H2,1-6H3,(H,40,49)(H,41,50)(H,42,48)(H,43,47)(H,44,45). The number of carboxylic acids is 1. The van der Waals surface area contributed by atoms with Gasteiger partial charge in [-0.05, 0) is 62.1 Å². The Bertz CT molecular complexity index is 1570. The van der Waals surface area contributed by atoms with Gasteiger partial charge in [0.2, 0.25) is 11.8 Å². The molecule has 0 saturated carbocycles. The Morgan fingerprint density at radius 1 is 0.811 bits per heavy atom. The molecule has 0 aliphatic heterocycles. The summed E-state index contributed by atoms with van der Waals surface area (Å²) in [5, 5.41) is 27.5. The first-order valence-electron chi connectivity index (χ1n) is 16.0. The van der Waals surface area contributed by atoms with Gasteiger partial charge in [-0.2, -0.15) is 22.0 Å². The van der Waals surface area contributed by atoms with Crippen LogP contribution in [0.3, 0.4) is 0 Å². The Hall–Kier alpha value is -5.20. The minimum Gasteiger partial charge on any atom is -0.497 e. The fourth-order valence-corrected chi connectivity index (χ4v) is 4.62. The van der Waals surface area contributed by atoms with Crippen molar-refractivity contribution in [3.8, 4) is 11.5 Å². The van der Waals surface area contributed by atoms with E-state index in [1.165, 1.54) is 69.5 Å². The number of halogens is 5. The number of aliphatic carboxylic acids is 1. The third-order valence-corrected chi connectivity index (χ3v) is 7.22. The van der Waals surface area contributed by atoms with Gasteiger partial charge in [-0.1, -0.05) is 38.1 Å². The normalized spacial score (nSPS) is 14.2. The van der Waals surface area contributed by atoms with Gasteiger partial charge in [0.1, 0.15) is 41.8 Å². The first-order chi connectivity index (χ1) is 24.4. The summed E-state index contributed by atoms with van der Waals surface area (Å²) in [7, 11) is 1.36. The molecule has 53 heavy (non-hydrogen) atoms. The summed E-state index contributed by atoms with van der Waals surface area (Å²) in [6, 6.07) is 6.27. The number of nitrogens with one attached hydrogen (secondary N) is 4. The molecule has 6 N–H and O–H groups in total. The molecule has 0 aliphatic rings. The molecule has 0 fully saturated rings. The zero-order valence-corrected chi connectivity index (χ0v) is 29.7. The van der Waals surface area contributed by atoms with Crippen LogP contribution in [0.4, 0.5) is 26.7 Å². The number of amides is 4. The lowest BCUT2D eigenvalue weighted by Gasteiger charge is -2.33. The van der Waals surface area contributed by atoms with E-state index in [2.05, 4.69) is 16.0 Å². The van der Waals surface area contributed by atoms with Crippen molar-refractivity contribution in [1.29, 1.82) is 0 Å². The average Bonchev–Trinajstić information content (AvgIpc) is 3.05. The van der Waals surface area contributed by atoms with Gasteiger partial charge in [-0.3, -0.25) is 14.4 Å². The number of carboxylic acid groups (broad SMARTS) is 1. The van der Waals surface area contributed by atoms with Crippen LogP contribution in [0.15, 0.2) is 48.5 Å². The van der Waals surface area contributed by atoms with Crippen molar-refractivity contribution in [3.05, 3.63) is 59.7 Å². The quantitative estimate of drug-likeness (QED) is 0.130. The van der Waals surface area contributed by atoms with Gasteiger partial charge >= 0.3 is 24.2 Å². The zero-order valence-electron chi connectivity index (χ0n) is 29.7. The number of hydrogen-bond donors (Lipinski definition) is 6. The highest BCUT2D eigenvalue weighted by Crippen LogP contribution is 2.27. The fraction of sp³-hybridized carbons (Fsp3) is 0.500. The second-order valence-corrected chi connectivity index (χ2v) is 13.1. The van der Waals surface area contributed by atoms with E-state index < -0.39 is 90.8 Å². The van der Waals surface area contributed by atoms with Crippen molar-refractivity contribution in [2.24, 2.45) is 5.92 Å². The summed E-state index contributed by atoms with van der Waals surface area (Å²) in [5.74, 6) is -11.1. The molecule has 0 saturated heterocycles. The van der Waals surface area contributed by atoms with Crippen molar-refractivity contribution >= 4 is 29.8 Å². The number of carbonyl (C=O) groups excluding carboxylic acids is 4. The van der Waals surface area contributed by atoms with E-state index in [1.807, 2.05) is 0 Å². The number of carbonyl (C=O) groups is 5. The Morgan fingerprint density at radius 2 is 1.38 bits per heavy atom. The van der Waals surface area contributed by atoms with E-state index in [-0.39, 0.29) is 17.7 Å². The first-order valence-corrected chi connectivity index (χ1v) is 16.0. The SMILES string of the molecule is COc1ccc(C(NC(=O)C(Cc2ccc(OCC(=O)O)cc2)NC(=O)OC(C)(C)C)C(=O)NC(C(C)C)C(O)C(F)(F)C(=O)NCC(F)(F)F)cc1. The summed E-state index contributed by atoms with van der Waals surface area (Å²) in [4.78, 5) is 63.3. The second-order valence-electron chi connectivity index (χ2n) is 13.1. The van der Waals surface area contributed by atoms with Crippen LogP contribution in [0.1, 0.15) is 51.8 Å². The van der Waals surface area contributed by atoms with Crippen molar-refractivity contribution < 1.29 is 70.3 Å². The predicted octanol–water partition coefficient (Wildman–Crippen LogP) is 3.27. The lowest BCUT2D eigenvalue weighted by Crippen LogP contribution is -2.61. The molecule has 0 bridgehead atoms. The predicted molar refractivity (Wildman–Crippen MR) is 177 cm³/mol. The molecule has 0 radical (unpaired) electrons. The van der Waals surface area contributed by atoms with Gasteiger partial charge in [0.15, 0.2) is 6.61 Å². The molecule has 4 atom stereocenters. The van der Waals surface area contributed by atoms with Gasteiger partial charge in [0, 0.05) is 6.42 Å². The summed E-state index contributed by atoms with van der Waals surface area (Å²) >= 11 is 0. The van der Waals surface area contributed by atoms with Crippen LogP contribution >= 0.6 is 0 Å². The third kappa shape index (κ3) is 14.4. The smallest absolute Gasteiger partial charge is 0.408 e. The Kier molecular flexibility index (Phi) is 15.4. The first kappa shape index (κ1) is 44.0. The monoisotopic (exact) mass is 762 g/mol. The number of hydrogen-bond acceptors (Lipinski definition) is 9. The maximum absolute atomic E-state index is 15.0. The molecular formula is C34H43F5N4O10. The van der Waals surface area contributed by atoms with Crippen LogP contribution in [0.25, 0.3) is 0 Å². The highest BCUT2D eigenvalue weighted by molar-refractivity contribution is 5.92. The maximum atomic E-state index is 15.0. The van der Waals surface area contributed by atoms with E-state index in [4.69, 9.17) is 19.3 Å². The largest absolute Gasteiger partial charge is 0.497 e. The highest BCUT2D eigenvalue weighted by atomic mass is 19.4. The molecule has 2 aromatic rings.